The van der Waals surface area contributed by atoms with Crippen molar-refractivity contribution in [3.63, 3.8) is 0 Å². The molecule has 0 saturated heterocycles. The van der Waals surface area contributed by atoms with Crippen molar-refractivity contribution in [2.24, 2.45) is 0 Å². The number of aliphatic hydroxyl groups excluding tert-OH is 1. The van der Waals surface area contributed by atoms with Gasteiger partial charge in [-0.3, -0.25) is 4.68 Å². The van der Waals surface area contributed by atoms with E-state index in [1.165, 1.54) is 6.20 Å². The molecule has 17 heavy (non-hydrogen) atoms. The molecule has 0 atom stereocenters. The number of nitrogens with zero attached hydrogens (tertiary/aromatic N) is 2. The summed E-state index contributed by atoms with van der Waals surface area (Å²) >= 11 is 2.88. The fraction of sp³-hybridized carbons (Fsp3) is 0.700. The van der Waals surface area contributed by atoms with Crippen LogP contribution < -0.4 is 0 Å². The van der Waals surface area contributed by atoms with E-state index >= 15 is 0 Å². The summed E-state index contributed by atoms with van der Waals surface area (Å²) in [6, 6.07) is -0.277. The summed E-state index contributed by atoms with van der Waals surface area (Å²) in [7, 11) is 0. The van der Waals surface area contributed by atoms with E-state index in [1.807, 2.05) is 0 Å². The van der Waals surface area contributed by atoms with Gasteiger partial charge in [0, 0.05) is 0 Å². The second kappa shape index (κ2) is 4.61. The number of halogens is 4. The Labute approximate surface area is 105 Å². The van der Waals surface area contributed by atoms with Crippen LogP contribution in [0.5, 0.6) is 0 Å². The Morgan fingerprint density at radius 3 is 2.41 bits per heavy atom. The first-order valence-corrected chi connectivity index (χ1v) is 6.17. The van der Waals surface area contributed by atoms with Gasteiger partial charge in [0.1, 0.15) is 0 Å². The molecule has 1 N–H and O–H groups in total. The Hall–Kier alpha value is -0.560. The summed E-state index contributed by atoms with van der Waals surface area (Å²) in [5.41, 5.74) is -0.737. The molecule has 1 fully saturated rings. The lowest BCUT2D eigenvalue weighted by atomic mass is 9.93. The van der Waals surface area contributed by atoms with E-state index in [0.717, 1.165) is 4.68 Å². The van der Waals surface area contributed by atoms with E-state index in [9.17, 15) is 18.3 Å². The predicted molar refractivity (Wildman–Crippen MR) is 58.4 cm³/mol. The normalized spacial score (nSPS) is 26.2. The summed E-state index contributed by atoms with van der Waals surface area (Å²) < 4.78 is 39.5. The molecule has 0 radical (unpaired) electrons. The summed E-state index contributed by atoms with van der Waals surface area (Å²) in [4.78, 5) is 0. The monoisotopic (exact) mass is 312 g/mol. The highest BCUT2D eigenvalue weighted by molar-refractivity contribution is 9.10. The zero-order valence-corrected chi connectivity index (χ0v) is 10.5. The zero-order chi connectivity index (χ0) is 12.6. The second-order valence-electron chi connectivity index (χ2n) is 4.25. The number of alkyl halides is 3. The van der Waals surface area contributed by atoms with Crippen LogP contribution in [0.4, 0.5) is 13.2 Å². The van der Waals surface area contributed by atoms with E-state index in [-0.39, 0.29) is 16.6 Å². The van der Waals surface area contributed by atoms with Gasteiger partial charge in [-0.25, -0.2) is 0 Å². The third-order valence-electron chi connectivity index (χ3n) is 3.03. The highest BCUT2D eigenvalue weighted by Gasteiger charge is 2.39. The van der Waals surface area contributed by atoms with Gasteiger partial charge in [-0.2, -0.15) is 18.3 Å². The minimum Gasteiger partial charge on any atom is -0.393 e. The minimum absolute atomic E-state index is 0.0314. The standard InChI is InChI=1S/C10H12BrF3N2O/c11-8-5-15-16(9(8)10(12,13)14)6-1-3-7(17)4-2-6/h5-7,17H,1-4H2/t6-,7-. The van der Waals surface area contributed by atoms with Crippen LogP contribution in [0.15, 0.2) is 10.7 Å². The molecule has 96 valence electrons. The van der Waals surface area contributed by atoms with Gasteiger partial charge in [0.05, 0.1) is 22.8 Å². The van der Waals surface area contributed by atoms with Gasteiger partial charge in [-0.15, -0.1) is 0 Å². The van der Waals surface area contributed by atoms with Crippen molar-refractivity contribution in [3.8, 4) is 0 Å². The molecule has 1 aliphatic rings. The molecule has 0 unspecified atom stereocenters. The lowest BCUT2D eigenvalue weighted by Gasteiger charge is -2.27. The van der Waals surface area contributed by atoms with Crippen molar-refractivity contribution in [1.82, 2.24) is 9.78 Å². The SMILES string of the molecule is O[C@H]1CC[C@H](n2ncc(Br)c2C(F)(F)F)CC1. The Kier molecular flexibility index (Phi) is 3.49. The van der Waals surface area contributed by atoms with E-state index in [0.29, 0.717) is 25.7 Å². The maximum atomic E-state index is 12.8. The average molecular weight is 313 g/mol. The number of hydrogen-bond acceptors (Lipinski definition) is 2. The fourth-order valence-electron chi connectivity index (χ4n) is 2.19. The van der Waals surface area contributed by atoms with Crippen LogP contribution in [0.3, 0.4) is 0 Å². The third-order valence-corrected chi connectivity index (χ3v) is 3.61. The molecule has 2 rings (SSSR count). The molecule has 0 aromatic carbocycles. The fourth-order valence-corrected chi connectivity index (χ4v) is 2.68. The van der Waals surface area contributed by atoms with Gasteiger partial charge in [0.25, 0.3) is 0 Å². The highest BCUT2D eigenvalue weighted by atomic mass is 79.9. The molecular formula is C10H12BrF3N2O. The maximum absolute atomic E-state index is 12.8. The molecule has 1 aromatic heterocycles. The Bertz CT molecular complexity index is 397. The van der Waals surface area contributed by atoms with E-state index in [4.69, 9.17) is 0 Å². The predicted octanol–water partition coefficient (Wildman–Crippen LogP) is 3.14. The van der Waals surface area contributed by atoms with Crippen LogP contribution in [0.1, 0.15) is 37.4 Å². The topological polar surface area (TPSA) is 38.0 Å². The first-order valence-electron chi connectivity index (χ1n) is 5.38. The van der Waals surface area contributed by atoms with Crippen molar-refractivity contribution >= 4 is 15.9 Å². The molecule has 0 bridgehead atoms. The van der Waals surface area contributed by atoms with E-state index < -0.39 is 11.9 Å². The van der Waals surface area contributed by atoms with Crippen molar-refractivity contribution in [2.45, 2.75) is 44.0 Å². The Morgan fingerprint density at radius 2 is 1.88 bits per heavy atom. The molecular weight excluding hydrogens is 301 g/mol. The molecule has 3 nitrogen and oxygen atoms in total. The highest BCUT2D eigenvalue weighted by Crippen LogP contribution is 2.39. The summed E-state index contributed by atoms with van der Waals surface area (Å²) in [6.45, 7) is 0. The maximum Gasteiger partial charge on any atom is 0.434 e. The molecule has 1 aromatic rings. The van der Waals surface area contributed by atoms with Crippen molar-refractivity contribution in [2.75, 3.05) is 0 Å². The van der Waals surface area contributed by atoms with Crippen LogP contribution >= 0.6 is 15.9 Å². The molecule has 1 heterocycles. The first-order chi connectivity index (χ1) is 7.89. The van der Waals surface area contributed by atoms with Crippen molar-refractivity contribution < 1.29 is 18.3 Å². The third kappa shape index (κ3) is 2.65. The minimum atomic E-state index is -4.41. The van der Waals surface area contributed by atoms with Crippen LogP contribution in [-0.2, 0) is 6.18 Å². The Balaban J connectivity index is 2.27. The van der Waals surface area contributed by atoms with Crippen LogP contribution in [0.25, 0.3) is 0 Å². The number of rotatable bonds is 1. The average Bonchev–Trinajstić information content (AvgIpc) is 2.61. The van der Waals surface area contributed by atoms with Gasteiger partial charge in [0.2, 0.25) is 0 Å². The second-order valence-corrected chi connectivity index (χ2v) is 5.10. The van der Waals surface area contributed by atoms with Gasteiger partial charge in [-0.1, -0.05) is 0 Å². The molecule has 0 aliphatic heterocycles. The largest absolute Gasteiger partial charge is 0.434 e. The molecule has 1 aliphatic carbocycles. The molecule has 0 spiro atoms. The van der Waals surface area contributed by atoms with Gasteiger partial charge >= 0.3 is 6.18 Å². The van der Waals surface area contributed by atoms with E-state index in [1.54, 1.807) is 0 Å². The molecule has 7 heteroatoms. The van der Waals surface area contributed by atoms with Gasteiger partial charge in [0.15, 0.2) is 5.69 Å². The Morgan fingerprint density at radius 1 is 1.29 bits per heavy atom. The summed E-state index contributed by atoms with van der Waals surface area (Å²) in [5.74, 6) is 0. The van der Waals surface area contributed by atoms with Crippen LogP contribution in [0.2, 0.25) is 0 Å². The van der Waals surface area contributed by atoms with Crippen molar-refractivity contribution in [3.05, 3.63) is 16.4 Å². The van der Waals surface area contributed by atoms with Gasteiger partial charge in [-0.05, 0) is 41.6 Å². The first kappa shape index (κ1) is 12.9. The summed E-state index contributed by atoms with van der Waals surface area (Å²) in [5, 5.41) is 13.1. The number of hydrogen-bond donors (Lipinski definition) is 1. The van der Waals surface area contributed by atoms with Crippen LogP contribution in [0, 0.1) is 0 Å². The summed E-state index contributed by atoms with van der Waals surface area (Å²) in [6.07, 6.45) is -1.52. The lowest BCUT2D eigenvalue weighted by molar-refractivity contribution is -0.146. The van der Waals surface area contributed by atoms with Gasteiger partial charge < -0.3 is 5.11 Å². The smallest absolute Gasteiger partial charge is 0.393 e. The number of aliphatic hydroxyl groups is 1. The van der Waals surface area contributed by atoms with E-state index in [2.05, 4.69) is 21.0 Å². The quantitative estimate of drug-likeness (QED) is 0.865. The lowest BCUT2D eigenvalue weighted by Crippen LogP contribution is -2.25. The van der Waals surface area contributed by atoms with Crippen molar-refractivity contribution in [1.29, 1.82) is 0 Å². The number of aromatic nitrogens is 2. The molecule has 0 amide bonds. The van der Waals surface area contributed by atoms with Crippen LogP contribution in [-0.4, -0.2) is 21.0 Å². The molecule has 1 saturated carbocycles. The zero-order valence-electron chi connectivity index (χ0n) is 8.91.